The Morgan fingerprint density at radius 3 is 2.33 bits per heavy atom. The van der Waals surface area contributed by atoms with Gasteiger partial charge in [-0.15, -0.1) is 0 Å². The van der Waals surface area contributed by atoms with Crippen LogP contribution in [0.5, 0.6) is 0 Å². The summed E-state index contributed by atoms with van der Waals surface area (Å²) in [4.78, 5) is 0. The number of hydrogen-bond donors (Lipinski definition) is 2. The molecule has 0 spiro atoms. The molecule has 0 radical (unpaired) electrons. The Labute approximate surface area is 37.3 Å². The van der Waals surface area contributed by atoms with Crippen LogP contribution in [-0.2, 0) is 0 Å². The van der Waals surface area contributed by atoms with E-state index in [1.165, 1.54) is 12.3 Å². The second kappa shape index (κ2) is 2.72. The molecule has 0 amide bonds. The molecule has 0 aliphatic rings. The number of hydrogen-bond acceptors (Lipinski definition) is 2. The van der Waals surface area contributed by atoms with Gasteiger partial charge in [-0.25, -0.2) is 0 Å². The van der Waals surface area contributed by atoms with Gasteiger partial charge < -0.3 is 10.8 Å². The van der Waals surface area contributed by atoms with E-state index in [0.29, 0.717) is 0 Å². The van der Waals surface area contributed by atoms with Crippen LogP contribution in [0.1, 0.15) is 6.92 Å². The van der Waals surface area contributed by atoms with Crippen molar-refractivity contribution in [3.63, 3.8) is 0 Å². The maximum atomic E-state index is 8.39. The molecule has 6 heavy (non-hydrogen) atoms. The molecule has 0 saturated carbocycles. The van der Waals surface area contributed by atoms with Gasteiger partial charge >= 0.3 is 0 Å². The normalized spacial score (nSPS) is 15.7. The highest BCUT2D eigenvalue weighted by atomic mass is 16.3. The van der Waals surface area contributed by atoms with E-state index in [1.807, 2.05) is 0 Å². The highest BCUT2D eigenvalue weighted by molar-refractivity contribution is 4.80. The van der Waals surface area contributed by atoms with Gasteiger partial charge in [0.15, 0.2) is 0 Å². The number of nitrogens with two attached hydrogens (primary N) is 1. The third-order valence-electron chi connectivity index (χ3n) is 0.390. The van der Waals surface area contributed by atoms with Crippen LogP contribution in [0, 0.1) is 0 Å². The topological polar surface area (TPSA) is 46.2 Å². The molecule has 0 aliphatic heterocycles. The van der Waals surface area contributed by atoms with E-state index >= 15 is 0 Å². The van der Waals surface area contributed by atoms with Gasteiger partial charge in [0.05, 0.1) is 6.10 Å². The summed E-state index contributed by atoms with van der Waals surface area (Å²) in [6.07, 6.45) is 2.42. The van der Waals surface area contributed by atoms with Gasteiger partial charge in [-0.3, -0.25) is 0 Å². The summed E-state index contributed by atoms with van der Waals surface area (Å²) in [5.74, 6) is 0. The summed E-state index contributed by atoms with van der Waals surface area (Å²) in [6.45, 7) is 1.64. The Hall–Kier alpha value is -0.500. The number of rotatable bonds is 1. The van der Waals surface area contributed by atoms with Gasteiger partial charge in [0.25, 0.3) is 0 Å². The molecule has 0 bridgehead atoms. The Kier molecular flexibility index (Phi) is 2.50. The van der Waals surface area contributed by atoms with Gasteiger partial charge in [-0.2, -0.15) is 0 Å². The minimum absolute atomic E-state index is 0.407. The van der Waals surface area contributed by atoms with E-state index < -0.39 is 6.10 Å². The van der Waals surface area contributed by atoms with E-state index in [1.54, 1.807) is 6.92 Å². The molecule has 0 fully saturated rings. The highest BCUT2D eigenvalue weighted by Gasteiger charge is 1.78. The van der Waals surface area contributed by atoms with Crippen molar-refractivity contribution < 1.29 is 5.11 Å². The average Bonchev–Trinajstić information content (AvgIpc) is 1.35. The lowest BCUT2D eigenvalue weighted by Crippen LogP contribution is -1.93. The van der Waals surface area contributed by atoms with E-state index in [9.17, 15) is 0 Å². The molecule has 0 rings (SSSR count). The van der Waals surface area contributed by atoms with Crippen LogP contribution in [0.2, 0.25) is 0 Å². The SMILES string of the molecule is C[C@H](O)/C=C/N. The molecule has 0 aromatic rings. The summed E-state index contributed by atoms with van der Waals surface area (Å²) in [5, 5.41) is 8.39. The third kappa shape index (κ3) is 3.50. The second-order valence-electron chi connectivity index (χ2n) is 1.13. The fraction of sp³-hybridized carbons (Fsp3) is 0.500. The fourth-order valence-corrected chi connectivity index (χ4v) is 0.161. The van der Waals surface area contributed by atoms with Crippen molar-refractivity contribution >= 4 is 0 Å². The van der Waals surface area contributed by atoms with Crippen LogP contribution >= 0.6 is 0 Å². The van der Waals surface area contributed by atoms with E-state index in [0.717, 1.165) is 0 Å². The van der Waals surface area contributed by atoms with Crippen molar-refractivity contribution in [2.24, 2.45) is 5.73 Å². The van der Waals surface area contributed by atoms with Crippen molar-refractivity contribution in [2.75, 3.05) is 0 Å². The smallest absolute Gasteiger partial charge is 0.0709 e. The van der Waals surface area contributed by atoms with Crippen molar-refractivity contribution in [1.82, 2.24) is 0 Å². The predicted molar refractivity (Wildman–Crippen MR) is 25.0 cm³/mol. The lowest BCUT2D eigenvalue weighted by molar-refractivity contribution is 0.244. The van der Waals surface area contributed by atoms with Gasteiger partial charge in [0.1, 0.15) is 0 Å². The van der Waals surface area contributed by atoms with Crippen molar-refractivity contribution in [1.29, 1.82) is 0 Å². The molecule has 36 valence electrons. The van der Waals surface area contributed by atoms with Gasteiger partial charge in [0, 0.05) is 0 Å². The molecule has 0 aromatic heterocycles. The van der Waals surface area contributed by atoms with Gasteiger partial charge in [-0.05, 0) is 19.2 Å². The molecule has 2 nitrogen and oxygen atoms in total. The molecule has 1 atom stereocenters. The average molecular weight is 87.1 g/mol. The Bertz CT molecular complexity index is 49.5. The summed E-state index contributed by atoms with van der Waals surface area (Å²) >= 11 is 0. The minimum Gasteiger partial charge on any atom is -0.405 e. The first-order valence-corrected chi connectivity index (χ1v) is 1.84. The Morgan fingerprint density at radius 2 is 2.33 bits per heavy atom. The minimum atomic E-state index is -0.407. The van der Waals surface area contributed by atoms with E-state index in [4.69, 9.17) is 10.8 Å². The van der Waals surface area contributed by atoms with Crippen molar-refractivity contribution in [3.05, 3.63) is 12.3 Å². The third-order valence-corrected chi connectivity index (χ3v) is 0.390. The molecular weight excluding hydrogens is 78.0 g/mol. The first-order valence-electron chi connectivity index (χ1n) is 1.84. The molecule has 0 heterocycles. The lowest BCUT2D eigenvalue weighted by Gasteiger charge is -1.87. The number of aliphatic hydroxyl groups excluding tert-OH is 1. The largest absolute Gasteiger partial charge is 0.405 e. The standard InChI is InChI=1S/C4H9NO/c1-4(6)2-3-5/h2-4,6H,5H2,1H3/b3-2+/t4-/m0/s1. The molecule has 0 unspecified atom stereocenters. The molecule has 0 aromatic carbocycles. The maximum Gasteiger partial charge on any atom is 0.0709 e. The quantitative estimate of drug-likeness (QED) is 0.466. The first-order chi connectivity index (χ1) is 2.77. The summed E-state index contributed by atoms with van der Waals surface area (Å²) in [6, 6.07) is 0. The summed E-state index contributed by atoms with van der Waals surface area (Å²) < 4.78 is 0. The Morgan fingerprint density at radius 1 is 1.83 bits per heavy atom. The zero-order valence-corrected chi connectivity index (χ0v) is 3.76. The second-order valence-corrected chi connectivity index (χ2v) is 1.13. The van der Waals surface area contributed by atoms with Crippen LogP contribution in [-0.4, -0.2) is 11.2 Å². The highest BCUT2D eigenvalue weighted by Crippen LogP contribution is 1.75. The van der Waals surface area contributed by atoms with Gasteiger partial charge in [0.2, 0.25) is 0 Å². The lowest BCUT2D eigenvalue weighted by atomic mass is 10.4. The van der Waals surface area contributed by atoms with Crippen molar-refractivity contribution in [3.8, 4) is 0 Å². The number of aliphatic hydroxyl groups is 1. The van der Waals surface area contributed by atoms with Crippen LogP contribution in [0.15, 0.2) is 12.3 Å². The zero-order valence-electron chi connectivity index (χ0n) is 3.76. The van der Waals surface area contributed by atoms with Crippen LogP contribution in [0.25, 0.3) is 0 Å². The van der Waals surface area contributed by atoms with Gasteiger partial charge in [-0.1, -0.05) is 0 Å². The molecule has 3 N–H and O–H groups in total. The van der Waals surface area contributed by atoms with E-state index in [-0.39, 0.29) is 0 Å². The first kappa shape index (κ1) is 5.50. The van der Waals surface area contributed by atoms with Crippen LogP contribution in [0.3, 0.4) is 0 Å². The zero-order chi connectivity index (χ0) is 4.99. The van der Waals surface area contributed by atoms with Crippen LogP contribution < -0.4 is 5.73 Å². The monoisotopic (exact) mass is 87.1 g/mol. The summed E-state index contributed by atoms with van der Waals surface area (Å²) in [7, 11) is 0. The molecule has 2 heteroatoms. The molecule has 0 aliphatic carbocycles. The molecule has 0 saturated heterocycles. The fourth-order valence-electron chi connectivity index (χ4n) is 0.161. The summed E-state index contributed by atoms with van der Waals surface area (Å²) in [5.41, 5.74) is 4.89. The predicted octanol–water partition coefficient (Wildman–Crippen LogP) is -0.160. The Balaban J connectivity index is 3.03. The van der Waals surface area contributed by atoms with Crippen LogP contribution in [0.4, 0.5) is 0 Å². The van der Waals surface area contributed by atoms with Crippen molar-refractivity contribution in [2.45, 2.75) is 13.0 Å². The molecular formula is C4H9NO. The maximum absolute atomic E-state index is 8.39. The van der Waals surface area contributed by atoms with E-state index in [2.05, 4.69) is 0 Å².